The number of carbonyl (C=O) groups excluding carboxylic acids is 1. The lowest BCUT2D eigenvalue weighted by atomic mass is 9.95. The number of rotatable bonds is 7. The normalized spacial score (nSPS) is 11.9. The minimum Gasteiger partial charge on any atom is -0.269 e. The van der Waals surface area contributed by atoms with Crippen LogP contribution in [0.15, 0.2) is 0 Å². The van der Waals surface area contributed by atoms with Crippen molar-refractivity contribution in [3.05, 3.63) is 0 Å². The van der Waals surface area contributed by atoms with Crippen LogP contribution in [0.2, 0.25) is 0 Å². The monoisotopic (exact) mass is 218 g/mol. The van der Waals surface area contributed by atoms with Crippen LogP contribution in [0.25, 0.3) is 0 Å². The fourth-order valence-electron chi connectivity index (χ4n) is 0.602. The molecule has 0 spiro atoms. The van der Waals surface area contributed by atoms with E-state index in [0.717, 1.165) is 12.8 Å². The van der Waals surface area contributed by atoms with Crippen molar-refractivity contribution in [1.82, 2.24) is 0 Å². The average Bonchev–Trinajstić information content (AvgIpc) is 2.14. The standard InChI is InChI=1S/C11H22O4/c1-6-7-8-10(12)13-15-14-11(4,5)9(2)3/h9H,6-8H2,1-5H3. The van der Waals surface area contributed by atoms with Crippen LogP contribution in [-0.4, -0.2) is 11.6 Å². The number of unbranched alkanes of at least 4 members (excludes halogenated alkanes) is 1. The van der Waals surface area contributed by atoms with Gasteiger partial charge in [0.2, 0.25) is 0 Å². The molecule has 4 heteroatoms. The van der Waals surface area contributed by atoms with Crippen molar-refractivity contribution in [2.75, 3.05) is 0 Å². The lowest BCUT2D eigenvalue weighted by Crippen LogP contribution is -2.31. The fourth-order valence-corrected chi connectivity index (χ4v) is 0.602. The van der Waals surface area contributed by atoms with Gasteiger partial charge in [-0.25, -0.2) is 4.79 Å². The Labute approximate surface area is 91.7 Å². The van der Waals surface area contributed by atoms with Crippen LogP contribution in [0, 0.1) is 5.92 Å². The van der Waals surface area contributed by atoms with Gasteiger partial charge in [0, 0.05) is 6.42 Å². The second-order valence-corrected chi connectivity index (χ2v) is 4.47. The van der Waals surface area contributed by atoms with E-state index in [1.54, 1.807) is 0 Å². The quantitative estimate of drug-likeness (QED) is 0.486. The van der Waals surface area contributed by atoms with Gasteiger partial charge in [-0.2, -0.15) is 4.89 Å². The third-order valence-electron chi connectivity index (χ3n) is 2.50. The Bertz CT molecular complexity index is 187. The Morgan fingerprint density at radius 3 is 2.40 bits per heavy atom. The molecule has 0 bridgehead atoms. The second-order valence-electron chi connectivity index (χ2n) is 4.47. The predicted octanol–water partition coefficient (Wildman–Crippen LogP) is 3.02. The highest BCUT2D eigenvalue weighted by atomic mass is 17.5. The molecule has 0 radical (unpaired) electrons. The van der Waals surface area contributed by atoms with Crippen LogP contribution in [-0.2, 0) is 19.6 Å². The number of hydrogen-bond donors (Lipinski definition) is 0. The van der Waals surface area contributed by atoms with Gasteiger partial charge in [0.1, 0.15) is 5.60 Å². The molecule has 0 aromatic heterocycles. The van der Waals surface area contributed by atoms with E-state index in [2.05, 4.69) is 9.93 Å². The van der Waals surface area contributed by atoms with Gasteiger partial charge in [0.05, 0.1) is 0 Å². The smallest absolute Gasteiger partial charge is 0.269 e. The van der Waals surface area contributed by atoms with E-state index in [1.807, 2.05) is 34.6 Å². The average molecular weight is 218 g/mol. The summed E-state index contributed by atoms with van der Waals surface area (Å²) < 4.78 is 0. The first-order chi connectivity index (χ1) is 6.90. The molecule has 4 nitrogen and oxygen atoms in total. The molecule has 90 valence electrons. The zero-order chi connectivity index (χ0) is 11.9. The molecule has 0 aliphatic rings. The van der Waals surface area contributed by atoms with E-state index >= 15 is 0 Å². The zero-order valence-corrected chi connectivity index (χ0v) is 10.3. The van der Waals surface area contributed by atoms with E-state index < -0.39 is 11.6 Å². The molecule has 0 aromatic rings. The van der Waals surface area contributed by atoms with E-state index in [1.165, 1.54) is 0 Å². The Morgan fingerprint density at radius 2 is 1.93 bits per heavy atom. The third kappa shape index (κ3) is 6.47. The highest BCUT2D eigenvalue weighted by Gasteiger charge is 2.25. The molecule has 0 rings (SSSR count). The molecule has 15 heavy (non-hydrogen) atoms. The summed E-state index contributed by atoms with van der Waals surface area (Å²) >= 11 is 0. The van der Waals surface area contributed by atoms with Crippen LogP contribution in [0.1, 0.15) is 53.9 Å². The van der Waals surface area contributed by atoms with Crippen LogP contribution in [0.4, 0.5) is 0 Å². The van der Waals surface area contributed by atoms with E-state index in [0.29, 0.717) is 6.42 Å². The third-order valence-corrected chi connectivity index (χ3v) is 2.50. The van der Waals surface area contributed by atoms with Gasteiger partial charge in [-0.3, -0.25) is 4.89 Å². The Kier molecular flexibility index (Phi) is 6.52. The van der Waals surface area contributed by atoms with Crippen molar-refractivity contribution in [1.29, 1.82) is 0 Å². The number of carbonyl (C=O) groups is 1. The summed E-state index contributed by atoms with van der Waals surface area (Å²) in [4.78, 5) is 20.5. The summed E-state index contributed by atoms with van der Waals surface area (Å²) in [5, 5.41) is 4.47. The maximum absolute atomic E-state index is 11.0. The molecule has 0 amide bonds. The van der Waals surface area contributed by atoms with Crippen molar-refractivity contribution >= 4 is 5.97 Å². The molecule has 0 aromatic carbocycles. The maximum atomic E-state index is 11.0. The van der Waals surface area contributed by atoms with E-state index in [-0.39, 0.29) is 5.92 Å². The van der Waals surface area contributed by atoms with Crippen molar-refractivity contribution in [3.63, 3.8) is 0 Å². The Balaban J connectivity index is 3.65. The molecule has 0 aliphatic carbocycles. The van der Waals surface area contributed by atoms with Crippen molar-refractivity contribution in [2.45, 2.75) is 59.5 Å². The molecule has 0 fully saturated rings. The molecule has 0 unspecified atom stereocenters. The van der Waals surface area contributed by atoms with Crippen LogP contribution in [0.3, 0.4) is 0 Å². The molecular formula is C11H22O4. The van der Waals surface area contributed by atoms with Gasteiger partial charge in [-0.05, 0) is 31.2 Å². The first-order valence-electron chi connectivity index (χ1n) is 5.45. The molecule has 0 N–H and O–H groups in total. The molecule has 0 saturated carbocycles. The summed E-state index contributed by atoms with van der Waals surface area (Å²) in [7, 11) is 0. The van der Waals surface area contributed by atoms with Crippen molar-refractivity contribution < 1.29 is 19.6 Å². The molecule has 0 saturated heterocycles. The highest BCUT2D eigenvalue weighted by molar-refractivity contribution is 5.68. The first kappa shape index (κ1) is 14.4. The van der Waals surface area contributed by atoms with E-state index in [4.69, 9.17) is 4.89 Å². The zero-order valence-electron chi connectivity index (χ0n) is 10.3. The lowest BCUT2D eigenvalue weighted by molar-refractivity contribution is -0.520. The van der Waals surface area contributed by atoms with E-state index in [9.17, 15) is 4.79 Å². The first-order valence-corrected chi connectivity index (χ1v) is 5.45. The van der Waals surface area contributed by atoms with Crippen LogP contribution in [0.5, 0.6) is 0 Å². The van der Waals surface area contributed by atoms with Crippen LogP contribution < -0.4 is 0 Å². The minimum atomic E-state index is -0.467. The second kappa shape index (κ2) is 6.80. The topological polar surface area (TPSA) is 44.8 Å². The van der Waals surface area contributed by atoms with Crippen LogP contribution >= 0.6 is 0 Å². The molecule has 0 aliphatic heterocycles. The molecular weight excluding hydrogens is 196 g/mol. The van der Waals surface area contributed by atoms with Crippen molar-refractivity contribution in [3.8, 4) is 0 Å². The highest BCUT2D eigenvalue weighted by Crippen LogP contribution is 2.20. The maximum Gasteiger partial charge on any atom is 0.345 e. The van der Waals surface area contributed by atoms with Gasteiger partial charge >= 0.3 is 5.97 Å². The summed E-state index contributed by atoms with van der Waals surface area (Å²) in [6.45, 7) is 9.76. The van der Waals surface area contributed by atoms with Gasteiger partial charge in [-0.15, -0.1) is 0 Å². The summed E-state index contributed by atoms with van der Waals surface area (Å²) in [5.74, 6) is -0.122. The summed E-state index contributed by atoms with van der Waals surface area (Å²) in [6, 6.07) is 0. The fraction of sp³-hybridized carbons (Fsp3) is 0.909. The van der Waals surface area contributed by atoms with Gasteiger partial charge in [-0.1, -0.05) is 27.2 Å². The summed E-state index contributed by atoms with van der Waals surface area (Å²) in [6.07, 6.45) is 2.12. The number of hydrogen-bond acceptors (Lipinski definition) is 4. The minimum absolute atomic E-state index is 0.270. The summed E-state index contributed by atoms with van der Waals surface area (Å²) in [5.41, 5.74) is -0.467. The molecule has 0 atom stereocenters. The Morgan fingerprint density at radius 1 is 1.33 bits per heavy atom. The molecule has 0 heterocycles. The lowest BCUT2D eigenvalue weighted by Gasteiger charge is -2.25. The van der Waals surface area contributed by atoms with Gasteiger partial charge in [0.15, 0.2) is 0 Å². The Hall–Kier alpha value is -0.610. The van der Waals surface area contributed by atoms with Gasteiger partial charge < -0.3 is 0 Å². The predicted molar refractivity (Wildman–Crippen MR) is 56.7 cm³/mol. The largest absolute Gasteiger partial charge is 0.345 e. The SMILES string of the molecule is CCCCC(=O)OOOC(C)(C)C(C)C. The van der Waals surface area contributed by atoms with Crippen molar-refractivity contribution in [2.24, 2.45) is 5.92 Å². The van der Waals surface area contributed by atoms with Gasteiger partial charge in [0.25, 0.3) is 0 Å².